The Morgan fingerprint density at radius 2 is 1.29 bits per heavy atom. The second-order valence-corrected chi connectivity index (χ2v) is 10.6. The fourth-order valence-corrected chi connectivity index (χ4v) is 5.51. The first kappa shape index (κ1) is 27.0. The van der Waals surface area contributed by atoms with E-state index in [2.05, 4.69) is 42.5 Å². The molecule has 4 nitrogen and oxygen atoms in total. The number of Topliss-reactive ketones (excluding diaryl/α,β-unsaturated/α-hetero) is 1. The van der Waals surface area contributed by atoms with Crippen LogP contribution >= 0.6 is 0 Å². The van der Waals surface area contributed by atoms with Gasteiger partial charge in [0.1, 0.15) is 11.3 Å². The van der Waals surface area contributed by atoms with Crippen molar-refractivity contribution in [2.45, 2.75) is 19.3 Å². The third-order valence-corrected chi connectivity index (χ3v) is 7.67. The minimum Gasteiger partial charge on any atom is -0.481 e. The molecule has 5 aromatic carbocycles. The zero-order valence-electron chi connectivity index (χ0n) is 23.1. The molecule has 42 heavy (non-hydrogen) atoms. The highest BCUT2D eigenvalue weighted by molar-refractivity contribution is 5.99. The van der Waals surface area contributed by atoms with Crippen LogP contribution in [0.2, 0.25) is 0 Å². The lowest BCUT2D eigenvalue weighted by molar-refractivity contribution is -0.141. The first-order valence-electron chi connectivity index (χ1n) is 14.1. The number of aliphatic carboxylic acids is 1. The molecule has 0 aliphatic heterocycles. The lowest BCUT2D eigenvalue weighted by Gasteiger charge is -2.12. The van der Waals surface area contributed by atoms with E-state index in [0.29, 0.717) is 18.4 Å². The van der Waals surface area contributed by atoms with Crippen molar-refractivity contribution in [2.75, 3.05) is 0 Å². The fraction of sp³-hybridized carbons (Fsp3) is 0.105. The van der Waals surface area contributed by atoms with Crippen LogP contribution in [-0.4, -0.2) is 16.9 Å². The van der Waals surface area contributed by atoms with Crippen molar-refractivity contribution in [1.82, 2.24) is 0 Å². The summed E-state index contributed by atoms with van der Waals surface area (Å²) in [6.45, 7) is 0. The Morgan fingerprint density at radius 1 is 0.643 bits per heavy atom. The van der Waals surface area contributed by atoms with Crippen molar-refractivity contribution in [1.29, 1.82) is 0 Å². The van der Waals surface area contributed by atoms with Gasteiger partial charge in [-0.3, -0.25) is 9.59 Å². The van der Waals surface area contributed by atoms with Gasteiger partial charge in [0.2, 0.25) is 0 Å². The van der Waals surface area contributed by atoms with E-state index in [1.165, 1.54) is 5.56 Å². The van der Waals surface area contributed by atoms with E-state index in [0.717, 1.165) is 44.5 Å². The van der Waals surface area contributed by atoms with Crippen molar-refractivity contribution >= 4 is 22.7 Å². The molecular formula is C38H30O4. The van der Waals surface area contributed by atoms with Crippen LogP contribution in [0.1, 0.15) is 33.7 Å². The number of carbonyl (C=O) groups is 2. The van der Waals surface area contributed by atoms with Crippen LogP contribution < -0.4 is 0 Å². The number of hydrogen-bond donors (Lipinski definition) is 1. The maximum atomic E-state index is 13.2. The van der Waals surface area contributed by atoms with Gasteiger partial charge in [0.15, 0.2) is 5.78 Å². The molecule has 0 aliphatic carbocycles. The molecule has 0 saturated heterocycles. The maximum absolute atomic E-state index is 13.2. The van der Waals surface area contributed by atoms with Gasteiger partial charge in [0.05, 0.1) is 5.92 Å². The Morgan fingerprint density at radius 3 is 2.00 bits per heavy atom. The Kier molecular flexibility index (Phi) is 7.78. The minimum absolute atomic E-state index is 0.0512. The van der Waals surface area contributed by atoms with Crippen LogP contribution in [0, 0.1) is 5.92 Å². The number of para-hydroxylation sites is 1. The van der Waals surface area contributed by atoms with E-state index in [4.69, 9.17) is 4.42 Å². The SMILES string of the molecule is O=C(CC(Cc1ccccc1)C(=O)O)c1cccc(-c2ccc(-c3c(Cc4ccccc4)oc4ccccc34)cc2)c1. The van der Waals surface area contributed by atoms with Gasteiger partial charge in [-0.05, 0) is 46.4 Å². The monoisotopic (exact) mass is 550 g/mol. The summed E-state index contributed by atoms with van der Waals surface area (Å²) in [7, 11) is 0. The van der Waals surface area contributed by atoms with Gasteiger partial charge in [-0.1, -0.05) is 121 Å². The molecule has 0 bridgehead atoms. The minimum atomic E-state index is -0.961. The summed E-state index contributed by atoms with van der Waals surface area (Å²) >= 11 is 0. The summed E-state index contributed by atoms with van der Waals surface area (Å²) in [5.41, 5.74) is 7.50. The Labute approximate surface area is 244 Å². The third-order valence-electron chi connectivity index (χ3n) is 7.67. The molecule has 0 saturated carbocycles. The number of hydrogen-bond acceptors (Lipinski definition) is 3. The van der Waals surface area contributed by atoms with Crippen LogP contribution in [0.5, 0.6) is 0 Å². The first-order valence-corrected chi connectivity index (χ1v) is 14.1. The molecule has 1 N–H and O–H groups in total. The van der Waals surface area contributed by atoms with E-state index in [1.54, 1.807) is 6.07 Å². The summed E-state index contributed by atoms with van der Waals surface area (Å²) in [4.78, 5) is 25.1. The number of carboxylic acids is 1. The topological polar surface area (TPSA) is 67.5 Å². The molecule has 0 aliphatic rings. The second-order valence-electron chi connectivity index (χ2n) is 10.6. The largest absolute Gasteiger partial charge is 0.481 e. The smallest absolute Gasteiger partial charge is 0.307 e. The molecule has 206 valence electrons. The van der Waals surface area contributed by atoms with Crippen LogP contribution in [0.3, 0.4) is 0 Å². The maximum Gasteiger partial charge on any atom is 0.307 e. The van der Waals surface area contributed by atoms with Gasteiger partial charge in [0.25, 0.3) is 0 Å². The van der Waals surface area contributed by atoms with Crippen LogP contribution in [0.4, 0.5) is 0 Å². The molecule has 0 spiro atoms. The van der Waals surface area contributed by atoms with Crippen LogP contribution in [-0.2, 0) is 17.6 Å². The molecule has 1 aromatic heterocycles. The molecule has 0 radical (unpaired) electrons. The van der Waals surface area contributed by atoms with Gasteiger partial charge in [-0.2, -0.15) is 0 Å². The molecule has 1 unspecified atom stereocenters. The molecule has 0 amide bonds. The zero-order chi connectivity index (χ0) is 28.9. The first-order chi connectivity index (χ1) is 20.5. The Bertz CT molecular complexity index is 1830. The molecule has 6 aromatic rings. The van der Waals surface area contributed by atoms with E-state index < -0.39 is 11.9 Å². The molecule has 1 heterocycles. The Hall–Kier alpha value is -5.22. The fourth-order valence-electron chi connectivity index (χ4n) is 5.51. The van der Waals surface area contributed by atoms with Gasteiger partial charge in [0, 0.05) is 29.4 Å². The number of benzene rings is 5. The van der Waals surface area contributed by atoms with Crippen molar-refractivity contribution < 1.29 is 19.1 Å². The average Bonchev–Trinajstić information content (AvgIpc) is 3.39. The number of carboxylic acid groups (broad SMARTS) is 1. The standard InChI is InChI=1S/C38H30O4/c39-34(25-32(38(40)41)22-26-10-3-1-4-11-26)31-15-9-14-30(24-31)28-18-20-29(21-19-28)37-33-16-7-8-17-35(33)42-36(37)23-27-12-5-2-6-13-27/h1-21,24,32H,22-23,25H2,(H,40,41). The lowest BCUT2D eigenvalue weighted by atomic mass is 9.91. The summed E-state index contributed by atoms with van der Waals surface area (Å²) in [6, 6.07) is 43.6. The number of ketones is 1. The van der Waals surface area contributed by atoms with Crippen LogP contribution in [0.25, 0.3) is 33.2 Å². The number of rotatable bonds is 10. The van der Waals surface area contributed by atoms with Crippen molar-refractivity contribution in [3.63, 3.8) is 0 Å². The molecule has 1 atom stereocenters. The summed E-state index contributed by atoms with van der Waals surface area (Å²) in [5, 5.41) is 10.9. The van der Waals surface area contributed by atoms with Crippen molar-refractivity contribution in [3.8, 4) is 22.3 Å². The highest BCUT2D eigenvalue weighted by atomic mass is 16.4. The number of carbonyl (C=O) groups excluding carboxylic acids is 1. The second kappa shape index (κ2) is 12.1. The zero-order valence-corrected chi connectivity index (χ0v) is 23.1. The third kappa shape index (κ3) is 5.93. The van der Waals surface area contributed by atoms with E-state index in [9.17, 15) is 14.7 Å². The Balaban J connectivity index is 1.25. The van der Waals surface area contributed by atoms with Gasteiger partial charge < -0.3 is 9.52 Å². The highest BCUT2D eigenvalue weighted by Gasteiger charge is 2.23. The number of fused-ring (bicyclic) bond motifs is 1. The summed E-state index contributed by atoms with van der Waals surface area (Å²) < 4.78 is 6.32. The highest BCUT2D eigenvalue weighted by Crippen LogP contribution is 2.37. The average molecular weight is 551 g/mol. The molecule has 6 rings (SSSR count). The van der Waals surface area contributed by atoms with Gasteiger partial charge in [-0.25, -0.2) is 0 Å². The predicted molar refractivity (Wildman–Crippen MR) is 167 cm³/mol. The quantitative estimate of drug-likeness (QED) is 0.173. The number of furan rings is 1. The summed E-state index contributed by atoms with van der Waals surface area (Å²) in [5.74, 6) is -0.992. The van der Waals surface area contributed by atoms with Gasteiger partial charge in [-0.15, -0.1) is 0 Å². The molecular weight excluding hydrogens is 520 g/mol. The van der Waals surface area contributed by atoms with E-state index in [1.807, 2.05) is 84.9 Å². The van der Waals surface area contributed by atoms with Crippen LogP contribution in [0.15, 0.2) is 138 Å². The predicted octanol–water partition coefficient (Wildman–Crippen LogP) is 8.87. The molecule has 0 fully saturated rings. The molecule has 4 heteroatoms. The normalized spacial score (nSPS) is 11.8. The van der Waals surface area contributed by atoms with E-state index >= 15 is 0 Å². The lowest BCUT2D eigenvalue weighted by Crippen LogP contribution is -2.20. The van der Waals surface area contributed by atoms with E-state index in [-0.39, 0.29) is 12.2 Å². The summed E-state index contributed by atoms with van der Waals surface area (Å²) in [6.07, 6.45) is 0.959. The van der Waals surface area contributed by atoms with Crippen molar-refractivity contribution in [2.24, 2.45) is 5.92 Å². The van der Waals surface area contributed by atoms with Crippen molar-refractivity contribution in [3.05, 3.63) is 156 Å². The van der Waals surface area contributed by atoms with Gasteiger partial charge >= 0.3 is 5.97 Å².